The van der Waals surface area contributed by atoms with Crippen LogP contribution < -0.4 is 4.74 Å². The van der Waals surface area contributed by atoms with Crippen molar-refractivity contribution < 1.29 is 24.2 Å². The van der Waals surface area contributed by atoms with Crippen molar-refractivity contribution in [2.24, 2.45) is 5.92 Å². The monoisotopic (exact) mass is 419 g/mol. The maximum Gasteiger partial charge on any atom is 0.290 e. The summed E-state index contributed by atoms with van der Waals surface area (Å²) in [4.78, 5) is 28.8. The Hall–Kier alpha value is -3.28. The second-order valence-corrected chi connectivity index (χ2v) is 8.41. The molecule has 1 aliphatic carbocycles. The van der Waals surface area contributed by atoms with Crippen molar-refractivity contribution in [1.82, 2.24) is 4.90 Å². The number of hydrogen-bond acceptors (Lipinski definition) is 5. The topological polar surface area (TPSA) is 76.1 Å². The first-order valence-electron chi connectivity index (χ1n) is 10.8. The quantitative estimate of drug-likeness (QED) is 0.814. The zero-order chi connectivity index (χ0) is 21.5. The van der Waals surface area contributed by atoms with Crippen LogP contribution >= 0.6 is 0 Å². The Kier molecular flexibility index (Phi) is 4.93. The van der Waals surface area contributed by atoms with Crippen LogP contribution in [0.3, 0.4) is 0 Å². The molecule has 6 nitrogen and oxygen atoms in total. The van der Waals surface area contributed by atoms with Gasteiger partial charge in [-0.3, -0.25) is 9.59 Å². The van der Waals surface area contributed by atoms with Gasteiger partial charge in [0.25, 0.3) is 5.91 Å². The highest BCUT2D eigenvalue weighted by Crippen LogP contribution is 2.48. The first kappa shape index (κ1) is 19.7. The lowest BCUT2D eigenvalue weighted by Crippen LogP contribution is -2.39. The van der Waals surface area contributed by atoms with Crippen molar-refractivity contribution in [3.8, 4) is 11.5 Å². The van der Waals surface area contributed by atoms with E-state index >= 15 is 0 Å². The zero-order valence-corrected chi connectivity index (χ0v) is 17.4. The summed E-state index contributed by atoms with van der Waals surface area (Å²) >= 11 is 0. The van der Waals surface area contributed by atoms with Gasteiger partial charge in [-0.2, -0.15) is 0 Å². The molecule has 1 amide bonds. The number of Topliss-reactive ketones (excluding diaryl/α,β-unsaturated/α-hetero) is 1. The summed E-state index contributed by atoms with van der Waals surface area (Å²) in [6.45, 7) is 0.354. The average Bonchev–Trinajstić information content (AvgIpc) is 3.07. The van der Waals surface area contributed by atoms with Crippen LogP contribution in [0.1, 0.15) is 42.9 Å². The van der Waals surface area contributed by atoms with Crippen molar-refractivity contribution in [3.05, 3.63) is 71.0 Å². The maximum absolute atomic E-state index is 13.6. The second-order valence-electron chi connectivity index (χ2n) is 8.41. The number of phenolic OH excluding ortho intramolecular Hbond substituents is 1. The van der Waals surface area contributed by atoms with Gasteiger partial charge < -0.3 is 19.5 Å². The van der Waals surface area contributed by atoms with Crippen molar-refractivity contribution in [2.75, 3.05) is 7.11 Å². The van der Waals surface area contributed by atoms with E-state index in [1.165, 1.54) is 13.2 Å². The average molecular weight is 419 g/mol. The van der Waals surface area contributed by atoms with Crippen LogP contribution in [0.15, 0.2) is 59.9 Å². The molecule has 3 atom stereocenters. The third-order valence-corrected chi connectivity index (χ3v) is 6.57. The van der Waals surface area contributed by atoms with Gasteiger partial charge in [-0.15, -0.1) is 0 Å². The highest BCUT2D eigenvalue weighted by atomic mass is 16.5. The number of rotatable bonds is 4. The van der Waals surface area contributed by atoms with E-state index in [9.17, 15) is 14.7 Å². The Morgan fingerprint density at radius 2 is 1.87 bits per heavy atom. The minimum atomic E-state index is -0.576. The fourth-order valence-corrected chi connectivity index (χ4v) is 5.05. The van der Waals surface area contributed by atoms with E-state index < -0.39 is 6.04 Å². The molecule has 6 heteroatoms. The van der Waals surface area contributed by atoms with E-state index in [0.717, 1.165) is 36.8 Å². The Balaban J connectivity index is 1.61. The Morgan fingerprint density at radius 3 is 2.65 bits per heavy atom. The first-order chi connectivity index (χ1) is 15.1. The molecule has 0 spiro atoms. The van der Waals surface area contributed by atoms with E-state index in [2.05, 4.69) is 0 Å². The highest BCUT2D eigenvalue weighted by molar-refractivity contribution is 6.11. The van der Waals surface area contributed by atoms with Crippen LogP contribution in [0.2, 0.25) is 0 Å². The van der Waals surface area contributed by atoms with Gasteiger partial charge in [0, 0.05) is 6.54 Å². The molecule has 0 aromatic heterocycles. The van der Waals surface area contributed by atoms with Gasteiger partial charge in [-0.25, -0.2) is 0 Å². The van der Waals surface area contributed by atoms with Crippen LogP contribution in [0.25, 0.3) is 0 Å². The molecule has 31 heavy (non-hydrogen) atoms. The summed E-state index contributed by atoms with van der Waals surface area (Å²) in [5.41, 5.74) is 2.13. The summed E-state index contributed by atoms with van der Waals surface area (Å²) in [6, 6.07) is 14.1. The van der Waals surface area contributed by atoms with E-state index in [0.29, 0.717) is 17.9 Å². The number of hydrogen-bond donors (Lipinski definition) is 1. The third-order valence-electron chi connectivity index (χ3n) is 6.57. The van der Waals surface area contributed by atoms with Gasteiger partial charge in [0.15, 0.2) is 23.0 Å². The van der Waals surface area contributed by atoms with Crippen LogP contribution in [0.5, 0.6) is 11.5 Å². The fourth-order valence-electron chi connectivity index (χ4n) is 5.05. The van der Waals surface area contributed by atoms with Crippen molar-refractivity contribution >= 4 is 11.7 Å². The molecule has 0 saturated heterocycles. The minimum Gasteiger partial charge on any atom is -0.504 e. The fraction of sp³-hybridized carbons (Fsp3) is 0.360. The molecule has 1 fully saturated rings. The number of ether oxygens (including phenoxy) is 2. The molecule has 3 aliphatic rings. The van der Waals surface area contributed by atoms with Gasteiger partial charge in [0.2, 0.25) is 0 Å². The molecule has 3 unspecified atom stereocenters. The molecular formula is C25H25NO5. The molecule has 2 heterocycles. The number of amides is 1. The molecule has 2 aromatic carbocycles. The molecule has 1 N–H and O–H groups in total. The lowest BCUT2D eigenvalue weighted by Gasteiger charge is -2.35. The molecule has 1 saturated carbocycles. The van der Waals surface area contributed by atoms with Gasteiger partial charge >= 0.3 is 0 Å². The number of fused-ring (bicyclic) bond motifs is 1. The Morgan fingerprint density at radius 1 is 1.10 bits per heavy atom. The number of carbonyl (C=O) groups is 2. The van der Waals surface area contributed by atoms with E-state index in [4.69, 9.17) is 9.47 Å². The zero-order valence-electron chi connectivity index (χ0n) is 17.4. The summed E-state index contributed by atoms with van der Waals surface area (Å²) < 4.78 is 11.5. The molecule has 0 radical (unpaired) electrons. The van der Waals surface area contributed by atoms with Gasteiger partial charge in [0.05, 0.1) is 24.6 Å². The number of methoxy groups -OCH3 is 1. The highest BCUT2D eigenvalue weighted by Gasteiger charge is 2.51. The van der Waals surface area contributed by atoms with Crippen LogP contribution in [-0.4, -0.2) is 34.9 Å². The molecule has 5 rings (SSSR count). The van der Waals surface area contributed by atoms with Crippen molar-refractivity contribution in [2.45, 2.75) is 44.4 Å². The lowest BCUT2D eigenvalue weighted by molar-refractivity contribution is -0.135. The number of phenols is 1. The van der Waals surface area contributed by atoms with Gasteiger partial charge in [-0.1, -0.05) is 42.8 Å². The lowest BCUT2D eigenvalue weighted by atomic mass is 9.77. The molecule has 160 valence electrons. The van der Waals surface area contributed by atoms with Crippen LogP contribution in [-0.2, 0) is 20.9 Å². The summed E-state index contributed by atoms with van der Waals surface area (Å²) in [7, 11) is 1.48. The summed E-state index contributed by atoms with van der Waals surface area (Å²) in [5, 5.41) is 10.1. The van der Waals surface area contributed by atoms with Gasteiger partial charge in [-0.05, 0) is 42.5 Å². The Bertz CT molecular complexity index is 1060. The molecular weight excluding hydrogens is 394 g/mol. The van der Waals surface area contributed by atoms with Crippen molar-refractivity contribution in [3.63, 3.8) is 0 Å². The molecule has 2 aliphatic heterocycles. The maximum atomic E-state index is 13.6. The number of aromatic hydroxyl groups is 1. The summed E-state index contributed by atoms with van der Waals surface area (Å²) in [6.07, 6.45) is 3.39. The smallest absolute Gasteiger partial charge is 0.290 e. The Labute approximate surface area is 181 Å². The SMILES string of the molecule is COc1cc(C2C3=C(OC4CCCCC4C3=O)C(=O)N2Cc2ccccc2)ccc1O. The normalized spacial score (nSPS) is 25.2. The van der Waals surface area contributed by atoms with Crippen LogP contribution in [0.4, 0.5) is 0 Å². The number of nitrogens with zero attached hydrogens (tertiary/aromatic N) is 1. The van der Waals surface area contributed by atoms with E-state index in [-0.39, 0.29) is 35.2 Å². The molecule has 2 aromatic rings. The second kappa shape index (κ2) is 7.76. The van der Waals surface area contributed by atoms with Crippen LogP contribution in [0, 0.1) is 5.92 Å². The predicted octanol–water partition coefficient (Wildman–Crippen LogP) is 3.90. The van der Waals surface area contributed by atoms with E-state index in [1.54, 1.807) is 17.0 Å². The van der Waals surface area contributed by atoms with Gasteiger partial charge in [0.1, 0.15) is 6.10 Å². The summed E-state index contributed by atoms with van der Waals surface area (Å²) in [5.74, 6) is 0.0797. The minimum absolute atomic E-state index is 0.0120. The van der Waals surface area contributed by atoms with Crippen molar-refractivity contribution in [1.29, 1.82) is 0 Å². The predicted molar refractivity (Wildman–Crippen MR) is 113 cm³/mol. The number of carbonyl (C=O) groups excluding carboxylic acids is 2. The molecule has 0 bridgehead atoms. The largest absolute Gasteiger partial charge is 0.504 e. The first-order valence-corrected chi connectivity index (χ1v) is 10.8. The number of ketones is 1. The standard InChI is InChI=1S/C25H25NO5/c1-30-20-13-16(11-12-18(20)27)22-21-23(28)17-9-5-6-10-19(17)31-24(21)25(29)26(22)14-15-7-3-2-4-8-15/h2-4,7-8,11-13,17,19,22,27H,5-6,9-10,14H2,1H3. The number of benzene rings is 2. The third kappa shape index (κ3) is 3.26. The van der Waals surface area contributed by atoms with E-state index in [1.807, 2.05) is 30.3 Å².